The van der Waals surface area contributed by atoms with E-state index in [0.717, 1.165) is 21.2 Å². The van der Waals surface area contributed by atoms with Crippen LogP contribution in [-0.2, 0) is 6.42 Å². The van der Waals surface area contributed by atoms with E-state index in [9.17, 15) is 4.79 Å². The normalized spacial score (nSPS) is 11.0. The summed E-state index contributed by atoms with van der Waals surface area (Å²) in [5, 5.41) is 12.5. The Bertz CT molecular complexity index is 1360. The summed E-state index contributed by atoms with van der Waals surface area (Å²) >= 11 is 7.79. The first-order chi connectivity index (χ1) is 15.2. The number of rotatable bonds is 5. The molecular formula is C24H16ClN3O2S. The second-order valence-electron chi connectivity index (χ2n) is 6.94. The van der Waals surface area contributed by atoms with Crippen molar-refractivity contribution in [2.45, 2.75) is 6.42 Å². The monoisotopic (exact) mass is 445 g/mol. The van der Waals surface area contributed by atoms with Crippen molar-refractivity contribution < 1.29 is 9.21 Å². The molecule has 5 nitrogen and oxygen atoms in total. The summed E-state index contributed by atoms with van der Waals surface area (Å²) in [6.07, 6.45) is 0.510. The highest BCUT2D eigenvalue weighted by molar-refractivity contribution is 7.21. The lowest BCUT2D eigenvalue weighted by atomic mass is 10.1. The number of halogens is 1. The van der Waals surface area contributed by atoms with Crippen molar-refractivity contribution in [1.82, 2.24) is 10.2 Å². The third kappa shape index (κ3) is 4.08. The van der Waals surface area contributed by atoms with Crippen molar-refractivity contribution in [1.29, 1.82) is 0 Å². The topological polar surface area (TPSA) is 68.0 Å². The molecule has 0 saturated carbocycles. The number of anilines is 1. The van der Waals surface area contributed by atoms with Gasteiger partial charge in [-0.05, 0) is 35.9 Å². The molecule has 0 saturated heterocycles. The highest BCUT2D eigenvalue weighted by Gasteiger charge is 2.17. The van der Waals surface area contributed by atoms with Crippen LogP contribution in [0.3, 0.4) is 0 Å². The van der Waals surface area contributed by atoms with Crippen LogP contribution in [0.15, 0.2) is 83.3 Å². The smallest absolute Gasteiger partial charge is 0.267 e. The van der Waals surface area contributed by atoms with Gasteiger partial charge in [0.25, 0.3) is 5.91 Å². The van der Waals surface area contributed by atoms with E-state index >= 15 is 0 Å². The number of fused-ring (bicyclic) bond motifs is 1. The van der Waals surface area contributed by atoms with Crippen LogP contribution in [0.4, 0.5) is 5.69 Å². The fourth-order valence-electron chi connectivity index (χ4n) is 3.25. The maximum Gasteiger partial charge on any atom is 0.267 e. The first-order valence-corrected chi connectivity index (χ1v) is 10.8. The van der Waals surface area contributed by atoms with Gasteiger partial charge in [0.15, 0.2) is 0 Å². The predicted octanol–water partition coefficient (Wildman–Crippen LogP) is 6.45. The zero-order valence-corrected chi connectivity index (χ0v) is 17.8. The summed E-state index contributed by atoms with van der Waals surface area (Å²) in [7, 11) is 0. The maximum absolute atomic E-state index is 12.7. The number of benzene rings is 3. The lowest BCUT2D eigenvalue weighted by molar-refractivity contribution is 0.103. The molecule has 152 valence electrons. The van der Waals surface area contributed by atoms with Crippen molar-refractivity contribution in [3.63, 3.8) is 0 Å². The van der Waals surface area contributed by atoms with Gasteiger partial charge in [0.05, 0.1) is 11.4 Å². The molecule has 3 aromatic carbocycles. The van der Waals surface area contributed by atoms with E-state index in [1.807, 2.05) is 78.9 Å². The highest BCUT2D eigenvalue weighted by atomic mass is 35.5. The second kappa shape index (κ2) is 8.34. The lowest BCUT2D eigenvalue weighted by Crippen LogP contribution is -2.10. The van der Waals surface area contributed by atoms with E-state index in [4.69, 9.17) is 16.0 Å². The summed E-state index contributed by atoms with van der Waals surface area (Å²) < 4.78 is 6.75. The van der Waals surface area contributed by atoms with Gasteiger partial charge in [-0.2, -0.15) is 0 Å². The van der Waals surface area contributed by atoms with E-state index in [1.165, 1.54) is 11.3 Å². The van der Waals surface area contributed by atoms with Crippen LogP contribution < -0.4 is 5.32 Å². The third-order valence-corrected chi connectivity index (χ3v) is 6.47. The first-order valence-electron chi connectivity index (χ1n) is 9.62. The predicted molar refractivity (Wildman–Crippen MR) is 124 cm³/mol. The number of nitrogens with one attached hydrogen (secondary N) is 1. The van der Waals surface area contributed by atoms with E-state index in [-0.39, 0.29) is 5.91 Å². The molecule has 31 heavy (non-hydrogen) atoms. The fourth-order valence-corrected chi connectivity index (χ4v) is 4.66. The molecule has 0 radical (unpaired) electrons. The van der Waals surface area contributed by atoms with Gasteiger partial charge in [0.2, 0.25) is 11.8 Å². The average Bonchev–Trinajstić information content (AvgIpc) is 3.41. The standard InChI is InChI=1S/C24H16ClN3O2S/c25-21-18-8-4-5-9-19(18)31-22(21)23(29)26-17-12-10-15(11-13-17)14-20-27-28-24(30-20)16-6-2-1-3-7-16/h1-13H,14H2,(H,26,29). The molecule has 0 spiro atoms. The van der Waals surface area contributed by atoms with Crippen LogP contribution in [0.5, 0.6) is 0 Å². The van der Waals surface area contributed by atoms with Gasteiger partial charge in [-0.25, -0.2) is 0 Å². The van der Waals surface area contributed by atoms with Crippen LogP contribution in [0.1, 0.15) is 21.1 Å². The van der Waals surface area contributed by atoms with Crippen molar-refractivity contribution in [3.8, 4) is 11.5 Å². The van der Waals surface area contributed by atoms with E-state index in [2.05, 4.69) is 15.5 Å². The zero-order chi connectivity index (χ0) is 21.2. The summed E-state index contributed by atoms with van der Waals surface area (Å²) in [6, 6.07) is 24.9. The van der Waals surface area contributed by atoms with E-state index in [0.29, 0.717) is 33.8 Å². The highest BCUT2D eigenvalue weighted by Crippen LogP contribution is 2.35. The quantitative estimate of drug-likeness (QED) is 0.337. The largest absolute Gasteiger partial charge is 0.420 e. The molecule has 5 rings (SSSR count). The number of carbonyl (C=O) groups is 1. The summed E-state index contributed by atoms with van der Waals surface area (Å²) in [4.78, 5) is 13.2. The van der Waals surface area contributed by atoms with Crippen LogP contribution in [0.2, 0.25) is 5.02 Å². The molecule has 0 aliphatic heterocycles. The van der Waals surface area contributed by atoms with Gasteiger partial charge in [0.1, 0.15) is 4.88 Å². The third-order valence-electron chi connectivity index (χ3n) is 4.80. The number of thiophene rings is 1. The Balaban J connectivity index is 1.27. The van der Waals surface area contributed by atoms with Gasteiger partial charge in [-0.15, -0.1) is 21.5 Å². The molecule has 0 aliphatic carbocycles. The summed E-state index contributed by atoms with van der Waals surface area (Å²) in [5.74, 6) is 0.816. The molecule has 2 heterocycles. The molecule has 0 fully saturated rings. The zero-order valence-electron chi connectivity index (χ0n) is 16.2. The fraction of sp³-hybridized carbons (Fsp3) is 0.0417. The molecule has 0 unspecified atom stereocenters. The lowest BCUT2D eigenvalue weighted by Gasteiger charge is -2.05. The Labute approximate surface area is 187 Å². The molecule has 0 bridgehead atoms. The van der Waals surface area contributed by atoms with Gasteiger partial charge >= 0.3 is 0 Å². The van der Waals surface area contributed by atoms with Gasteiger partial charge in [0, 0.05) is 21.3 Å². The molecule has 2 aromatic heterocycles. The van der Waals surface area contributed by atoms with Gasteiger partial charge in [-0.1, -0.05) is 60.1 Å². The maximum atomic E-state index is 12.7. The van der Waals surface area contributed by atoms with Crippen LogP contribution in [0.25, 0.3) is 21.5 Å². The molecule has 1 N–H and O–H groups in total. The number of hydrogen-bond acceptors (Lipinski definition) is 5. The van der Waals surface area contributed by atoms with Crippen LogP contribution in [0, 0.1) is 0 Å². The minimum absolute atomic E-state index is 0.219. The van der Waals surface area contributed by atoms with Crippen LogP contribution in [-0.4, -0.2) is 16.1 Å². The summed E-state index contributed by atoms with van der Waals surface area (Å²) in [6.45, 7) is 0. The Hall–Kier alpha value is -3.48. The number of amides is 1. The molecule has 7 heteroatoms. The average molecular weight is 446 g/mol. The van der Waals surface area contributed by atoms with Gasteiger partial charge in [-0.3, -0.25) is 4.79 Å². The van der Waals surface area contributed by atoms with Crippen molar-refractivity contribution >= 4 is 44.6 Å². The number of nitrogens with zero attached hydrogens (tertiary/aromatic N) is 2. The number of carbonyl (C=O) groups excluding carboxylic acids is 1. The SMILES string of the molecule is O=C(Nc1ccc(Cc2nnc(-c3ccccc3)o2)cc1)c1sc2ccccc2c1Cl. The molecule has 5 aromatic rings. The minimum atomic E-state index is -0.219. The summed E-state index contributed by atoms with van der Waals surface area (Å²) in [5.41, 5.74) is 2.58. The minimum Gasteiger partial charge on any atom is -0.420 e. The van der Waals surface area contributed by atoms with Crippen LogP contribution >= 0.6 is 22.9 Å². The first kappa shape index (κ1) is 19.5. The number of aromatic nitrogens is 2. The second-order valence-corrected chi connectivity index (χ2v) is 8.37. The van der Waals surface area contributed by atoms with E-state index < -0.39 is 0 Å². The Kier molecular flexibility index (Phi) is 5.24. The molecule has 0 aliphatic rings. The van der Waals surface area contributed by atoms with E-state index in [1.54, 1.807) is 0 Å². The molecular weight excluding hydrogens is 430 g/mol. The van der Waals surface area contributed by atoms with Crippen molar-refractivity contribution in [2.75, 3.05) is 5.32 Å². The Morgan fingerprint density at radius 3 is 2.45 bits per heavy atom. The molecule has 0 atom stereocenters. The number of hydrogen-bond donors (Lipinski definition) is 1. The van der Waals surface area contributed by atoms with Gasteiger partial charge < -0.3 is 9.73 Å². The molecule has 1 amide bonds. The van der Waals surface area contributed by atoms with Crippen molar-refractivity contribution in [2.24, 2.45) is 0 Å². The Morgan fingerprint density at radius 1 is 0.935 bits per heavy atom. The van der Waals surface area contributed by atoms with Crippen molar-refractivity contribution in [3.05, 3.63) is 100 Å². The Morgan fingerprint density at radius 2 is 1.68 bits per heavy atom.